The van der Waals surface area contributed by atoms with E-state index < -0.39 is 0 Å². The van der Waals surface area contributed by atoms with Crippen LogP contribution in [-0.4, -0.2) is 24.5 Å². The number of nitrogens with one attached hydrogen (secondary N) is 1. The monoisotopic (exact) mass is 201 g/mol. The van der Waals surface area contributed by atoms with E-state index in [0.29, 0.717) is 5.92 Å². The van der Waals surface area contributed by atoms with Crippen molar-refractivity contribution in [2.45, 2.75) is 32.1 Å². The Morgan fingerprint density at radius 3 is 2.77 bits per heavy atom. The van der Waals surface area contributed by atoms with Gasteiger partial charge < -0.3 is 5.32 Å². The molecule has 0 bridgehead atoms. The largest absolute Gasteiger partial charge is 0.356 e. The molecule has 1 N–H and O–H groups in total. The summed E-state index contributed by atoms with van der Waals surface area (Å²) in [7, 11) is 0. The zero-order valence-corrected chi connectivity index (χ0v) is 9.16. The summed E-state index contributed by atoms with van der Waals surface area (Å²) < 4.78 is 0. The fraction of sp³-hybridized carbons (Fsp3) is 0.900. The van der Waals surface area contributed by atoms with E-state index in [2.05, 4.69) is 11.6 Å². The molecule has 1 rings (SSSR count). The van der Waals surface area contributed by atoms with Crippen molar-refractivity contribution >= 4 is 17.7 Å². The first-order chi connectivity index (χ1) is 6.34. The highest BCUT2D eigenvalue weighted by Crippen LogP contribution is 2.28. The van der Waals surface area contributed by atoms with Crippen molar-refractivity contribution in [3.63, 3.8) is 0 Å². The third-order valence-corrected chi connectivity index (χ3v) is 2.97. The Morgan fingerprint density at radius 1 is 1.38 bits per heavy atom. The average Bonchev–Trinajstić information content (AvgIpc) is 2.93. The summed E-state index contributed by atoms with van der Waals surface area (Å²) in [6.45, 7) is 0.879. The molecule has 0 saturated heterocycles. The van der Waals surface area contributed by atoms with Crippen LogP contribution in [0.5, 0.6) is 0 Å². The molecule has 1 aliphatic rings. The van der Waals surface area contributed by atoms with Crippen LogP contribution in [-0.2, 0) is 4.79 Å². The Bertz CT molecular complexity index is 157. The highest BCUT2D eigenvalue weighted by atomic mass is 32.2. The number of thioether (sulfide) groups is 1. The minimum Gasteiger partial charge on any atom is -0.356 e. The molecule has 76 valence electrons. The summed E-state index contributed by atoms with van der Waals surface area (Å²) in [5, 5.41) is 2.98. The van der Waals surface area contributed by atoms with Crippen molar-refractivity contribution in [3.8, 4) is 0 Å². The summed E-state index contributed by atoms with van der Waals surface area (Å²) in [4.78, 5) is 11.2. The minimum absolute atomic E-state index is 0.282. The van der Waals surface area contributed by atoms with E-state index in [0.717, 1.165) is 25.8 Å². The van der Waals surface area contributed by atoms with Gasteiger partial charge in [-0.15, -0.1) is 0 Å². The van der Waals surface area contributed by atoms with Gasteiger partial charge >= 0.3 is 0 Å². The van der Waals surface area contributed by atoms with Crippen molar-refractivity contribution in [2.75, 3.05) is 18.6 Å². The van der Waals surface area contributed by atoms with E-state index in [-0.39, 0.29) is 5.91 Å². The molecule has 0 aliphatic heterocycles. The third kappa shape index (κ3) is 5.19. The molecule has 0 radical (unpaired) electrons. The SMILES string of the molecule is CSCCCCCNC(=O)C1CC1. The first-order valence-electron chi connectivity index (χ1n) is 5.11. The predicted octanol–water partition coefficient (Wildman–Crippen LogP) is 2.05. The lowest BCUT2D eigenvalue weighted by atomic mass is 10.2. The molecule has 0 unspecified atom stereocenters. The second-order valence-electron chi connectivity index (χ2n) is 3.62. The van der Waals surface area contributed by atoms with E-state index in [1.165, 1.54) is 18.6 Å². The lowest BCUT2D eigenvalue weighted by Crippen LogP contribution is -2.25. The Labute approximate surface area is 84.9 Å². The number of carbonyl (C=O) groups is 1. The fourth-order valence-electron chi connectivity index (χ4n) is 1.25. The van der Waals surface area contributed by atoms with Crippen molar-refractivity contribution in [3.05, 3.63) is 0 Å². The Morgan fingerprint density at radius 2 is 2.15 bits per heavy atom. The Hall–Kier alpha value is -0.180. The van der Waals surface area contributed by atoms with Crippen molar-refractivity contribution < 1.29 is 4.79 Å². The molecular weight excluding hydrogens is 182 g/mol. The van der Waals surface area contributed by atoms with E-state index >= 15 is 0 Å². The van der Waals surface area contributed by atoms with Gasteiger partial charge in [-0.25, -0.2) is 0 Å². The predicted molar refractivity (Wildman–Crippen MR) is 58.0 cm³/mol. The molecule has 0 spiro atoms. The first kappa shape index (κ1) is 10.9. The molecule has 1 fully saturated rings. The number of unbranched alkanes of at least 4 members (excludes halogenated alkanes) is 2. The second kappa shape index (κ2) is 6.30. The van der Waals surface area contributed by atoms with Gasteiger partial charge in [-0.2, -0.15) is 11.8 Å². The van der Waals surface area contributed by atoms with Crippen LogP contribution >= 0.6 is 11.8 Å². The maximum atomic E-state index is 11.2. The summed E-state index contributed by atoms with van der Waals surface area (Å²) in [5.41, 5.74) is 0. The molecule has 13 heavy (non-hydrogen) atoms. The molecule has 0 atom stereocenters. The molecule has 3 heteroatoms. The van der Waals surface area contributed by atoms with Crippen LogP contribution in [0.2, 0.25) is 0 Å². The van der Waals surface area contributed by atoms with Gasteiger partial charge in [0.15, 0.2) is 0 Å². The van der Waals surface area contributed by atoms with Gasteiger partial charge in [-0.05, 0) is 37.7 Å². The van der Waals surface area contributed by atoms with Crippen molar-refractivity contribution in [1.82, 2.24) is 5.32 Å². The maximum absolute atomic E-state index is 11.2. The van der Waals surface area contributed by atoms with Gasteiger partial charge in [-0.1, -0.05) is 6.42 Å². The number of rotatable bonds is 7. The molecule has 2 nitrogen and oxygen atoms in total. The first-order valence-corrected chi connectivity index (χ1v) is 6.50. The quantitative estimate of drug-likeness (QED) is 0.639. The molecule has 0 aromatic heterocycles. The van der Waals surface area contributed by atoms with Crippen molar-refractivity contribution in [1.29, 1.82) is 0 Å². The van der Waals surface area contributed by atoms with E-state index in [9.17, 15) is 4.79 Å². The number of amides is 1. The van der Waals surface area contributed by atoms with Crippen LogP contribution in [0.3, 0.4) is 0 Å². The summed E-state index contributed by atoms with van der Waals surface area (Å²) in [6.07, 6.45) is 8.01. The Kier molecular flexibility index (Phi) is 5.28. The van der Waals surface area contributed by atoms with Crippen LogP contribution in [0.15, 0.2) is 0 Å². The summed E-state index contributed by atoms with van der Waals surface area (Å²) in [6, 6.07) is 0. The van der Waals surface area contributed by atoms with Gasteiger partial charge in [-0.3, -0.25) is 4.79 Å². The topological polar surface area (TPSA) is 29.1 Å². The number of hydrogen-bond donors (Lipinski definition) is 1. The van der Waals surface area contributed by atoms with Gasteiger partial charge in [0.2, 0.25) is 5.91 Å². The fourth-order valence-corrected chi connectivity index (χ4v) is 1.74. The van der Waals surface area contributed by atoms with Crippen LogP contribution in [0.25, 0.3) is 0 Å². The lowest BCUT2D eigenvalue weighted by molar-refractivity contribution is -0.122. The zero-order chi connectivity index (χ0) is 9.52. The summed E-state index contributed by atoms with van der Waals surface area (Å²) in [5.74, 6) is 1.90. The lowest BCUT2D eigenvalue weighted by Gasteiger charge is -2.03. The Balaban J connectivity index is 1.80. The maximum Gasteiger partial charge on any atom is 0.223 e. The minimum atomic E-state index is 0.282. The van der Waals surface area contributed by atoms with Gasteiger partial charge in [0.1, 0.15) is 0 Å². The smallest absolute Gasteiger partial charge is 0.223 e. The normalized spacial score (nSPS) is 15.8. The summed E-state index contributed by atoms with van der Waals surface area (Å²) >= 11 is 1.89. The van der Waals surface area contributed by atoms with E-state index in [1.807, 2.05) is 11.8 Å². The van der Waals surface area contributed by atoms with Crippen LogP contribution < -0.4 is 5.32 Å². The molecule has 1 saturated carbocycles. The number of carbonyl (C=O) groups excluding carboxylic acids is 1. The molecule has 0 aromatic rings. The van der Waals surface area contributed by atoms with Gasteiger partial charge in [0, 0.05) is 12.5 Å². The van der Waals surface area contributed by atoms with Crippen LogP contribution in [0, 0.1) is 5.92 Å². The highest BCUT2D eigenvalue weighted by molar-refractivity contribution is 7.98. The van der Waals surface area contributed by atoms with Crippen LogP contribution in [0.4, 0.5) is 0 Å². The van der Waals surface area contributed by atoms with Gasteiger partial charge in [0.05, 0.1) is 0 Å². The highest BCUT2D eigenvalue weighted by Gasteiger charge is 2.28. The molecule has 1 aliphatic carbocycles. The van der Waals surface area contributed by atoms with Gasteiger partial charge in [0.25, 0.3) is 0 Å². The average molecular weight is 201 g/mol. The van der Waals surface area contributed by atoms with E-state index in [1.54, 1.807) is 0 Å². The van der Waals surface area contributed by atoms with Crippen molar-refractivity contribution in [2.24, 2.45) is 5.92 Å². The van der Waals surface area contributed by atoms with E-state index in [4.69, 9.17) is 0 Å². The zero-order valence-electron chi connectivity index (χ0n) is 8.34. The standard InChI is InChI=1S/C10H19NOS/c1-13-8-4-2-3-7-11-10(12)9-5-6-9/h9H,2-8H2,1H3,(H,11,12). The molecule has 1 amide bonds. The molecule has 0 heterocycles. The molecular formula is C10H19NOS. The van der Waals surface area contributed by atoms with Crippen LogP contribution in [0.1, 0.15) is 32.1 Å². The molecule has 0 aromatic carbocycles. The third-order valence-electron chi connectivity index (χ3n) is 2.27. The number of hydrogen-bond acceptors (Lipinski definition) is 2. The second-order valence-corrected chi connectivity index (χ2v) is 4.60.